The van der Waals surface area contributed by atoms with E-state index in [4.69, 9.17) is 9.47 Å². The van der Waals surface area contributed by atoms with E-state index in [0.717, 1.165) is 22.3 Å². The maximum absolute atomic E-state index is 13.1. The van der Waals surface area contributed by atoms with Gasteiger partial charge in [-0.05, 0) is 34.4 Å². The largest absolute Gasteiger partial charge is 0.496 e. The van der Waals surface area contributed by atoms with Crippen molar-refractivity contribution in [1.29, 1.82) is 0 Å². The van der Waals surface area contributed by atoms with Crippen molar-refractivity contribution >= 4 is 17.7 Å². The number of carboxylic acids is 1. The van der Waals surface area contributed by atoms with Crippen LogP contribution in [0.1, 0.15) is 22.6 Å². The van der Waals surface area contributed by atoms with Gasteiger partial charge in [-0.25, -0.2) is 9.59 Å². The SMILES string of the molecule is COc1cccc2c1CC(C(=O)O)N2C(=O)OCC1c2ccccc2-c2ccccc21. The Balaban J connectivity index is 1.43. The van der Waals surface area contributed by atoms with Crippen LogP contribution in [0.3, 0.4) is 0 Å². The molecule has 1 heterocycles. The van der Waals surface area contributed by atoms with Gasteiger partial charge in [0.15, 0.2) is 0 Å². The third kappa shape index (κ3) is 3.03. The van der Waals surface area contributed by atoms with Gasteiger partial charge in [-0.3, -0.25) is 4.90 Å². The van der Waals surface area contributed by atoms with Gasteiger partial charge in [0.2, 0.25) is 0 Å². The van der Waals surface area contributed by atoms with Gasteiger partial charge in [-0.2, -0.15) is 0 Å². The smallest absolute Gasteiger partial charge is 0.415 e. The third-order valence-electron chi connectivity index (χ3n) is 6.11. The lowest BCUT2D eigenvalue weighted by Crippen LogP contribution is -2.43. The van der Waals surface area contributed by atoms with E-state index in [0.29, 0.717) is 17.0 Å². The number of carbonyl (C=O) groups is 2. The van der Waals surface area contributed by atoms with Gasteiger partial charge in [-0.1, -0.05) is 54.6 Å². The lowest BCUT2D eigenvalue weighted by atomic mass is 9.98. The van der Waals surface area contributed by atoms with Crippen LogP contribution in [0.4, 0.5) is 10.5 Å². The number of amides is 1. The molecular weight excluding hydrogens is 394 g/mol. The van der Waals surface area contributed by atoms with Crippen molar-refractivity contribution in [3.63, 3.8) is 0 Å². The maximum atomic E-state index is 13.1. The number of benzene rings is 3. The molecule has 1 amide bonds. The van der Waals surface area contributed by atoms with Crippen LogP contribution >= 0.6 is 0 Å². The Morgan fingerprint density at radius 1 is 0.968 bits per heavy atom. The van der Waals surface area contributed by atoms with Crippen LogP contribution in [-0.4, -0.2) is 36.9 Å². The Bertz CT molecular complexity index is 1140. The average molecular weight is 415 g/mol. The van der Waals surface area contributed by atoms with Crippen LogP contribution < -0.4 is 9.64 Å². The summed E-state index contributed by atoms with van der Waals surface area (Å²) in [5.41, 5.74) is 5.71. The van der Waals surface area contributed by atoms with E-state index in [1.807, 2.05) is 36.4 Å². The maximum Gasteiger partial charge on any atom is 0.415 e. The molecule has 0 saturated carbocycles. The molecule has 3 aromatic carbocycles. The number of nitrogens with zero attached hydrogens (tertiary/aromatic N) is 1. The molecule has 5 rings (SSSR count). The molecule has 2 aliphatic rings. The van der Waals surface area contributed by atoms with Gasteiger partial charge in [0.05, 0.1) is 12.8 Å². The van der Waals surface area contributed by atoms with Gasteiger partial charge in [0, 0.05) is 17.9 Å². The molecule has 0 radical (unpaired) electrons. The number of hydrogen-bond donors (Lipinski definition) is 1. The van der Waals surface area contributed by atoms with Crippen LogP contribution in [-0.2, 0) is 16.0 Å². The lowest BCUT2D eigenvalue weighted by Gasteiger charge is -2.23. The normalized spacial score (nSPS) is 16.4. The number of carboxylic acid groups (broad SMARTS) is 1. The Morgan fingerprint density at radius 3 is 2.23 bits per heavy atom. The molecule has 1 aliphatic carbocycles. The van der Waals surface area contributed by atoms with E-state index >= 15 is 0 Å². The molecule has 156 valence electrons. The van der Waals surface area contributed by atoms with Gasteiger partial charge >= 0.3 is 12.1 Å². The molecule has 0 saturated heterocycles. The summed E-state index contributed by atoms with van der Waals surface area (Å²) in [4.78, 5) is 26.2. The van der Waals surface area contributed by atoms with Gasteiger partial charge in [0.1, 0.15) is 18.4 Å². The fraction of sp³-hybridized carbons (Fsp3) is 0.200. The van der Waals surface area contributed by atoms with E-state index in [2.05, 4.69) is 12.1 Å². The van der Waals surface area contributed by atoms with E-state index in [1.165, 1.54) is 12.0 Å². The van der Waals surface area contributed by atoms with Crippen molar-refractivity contribution in [2.45, 2.75) is 18.4 Å². The molecule has 6 heteroatoms. The van der Waals surface area contributed by atoms with Gasteiger partial charge in [-0.15, -0.1) is 0 Å². The Hall–Kier alpha value is -3.80. The van der Waals surface area contributed by atoms with Crippen molar-refractivity contribution in [2.24, 2.45) is 0 Å². The van der Waals surface area contributed by atoms with Crippen molar-refractivity contribution in [1.82, 2.24) is 0 Å². The molecular formula is C25H21NO5. The topological polar surface area (TPSA) is 76.1 Å². The predicted octanol–water partition coefficient (Wildman–Crippen LogP) is 4.46. The number of carbonyl (C=O) groups excluding carboxylic acids is 1. The van der Waals surface area contributed by atoms with E-state index < -0.39 is 18.1 Å². The minimum atomic E-state index is -1.08. The Kier molecular flexibility index (Phi) is 4.62. The minimum absolute atomic E-state index is 0.0907. The molecule has 0 aromatic heterocycles. The molecule has 31 heavy (non-hydrogen) atoms. The zero-order chi connectivity index (χ0) is 21.5. The highest BCUT2D eigenvalue weighted by Crippen LogP contribution is 2.45. The fourth-order valence-corrected chi connectivity index (χ4v) is 4.72. The van der Waals surface area contributed by atoms with Crippen LogP contribution in [0.5, 0.6) is 5.75 Å². The average Bonchev–Trinajstić information content (AvgIpc) is 3.34. The molecule has 1 N–H and O–H groups in total. The highest BCUT2D eigenvalue weighted by Gasteiger charge is 2.41. The summed E-state index contributed by atoms with van der Waals surface area (Å²) in [6.07, 6.45) is -0.486. The third-order valence-corrected chi connectivity index (χ3v) is 6.11. The van der Waals surface area contributed by atoms with Crippen LogP contribution in [0.2, 0.25) is 0 Å². The molecule has 3 aromatic rings. The minimum Gasteiger partial charge on any atom is -0.496 e. The monoisotopic (exact) mass is 415 g/mol. The molecule has 0 bridgehead atoms. The molecule has 1 atom stereocenters. The standard InChI is InChI=1S/C25H21NO5/c1-30-23-12-6-11-21-19(23)13-22(24(27)28)26(21)25(29)31-14-20-17-9-4-2-7-15(17)16-8-3-5-10-18(16)20/h2-12,20,22H,13-14H2,1H3,(H,27,28). The summed E-state index contributed by atoms with van der Waals surface area (Å²) < 4.78 is 11.1. The first-order valence-electron chi connectivity index (χ1n) is 10.1. The van der Waals surface area contributed by atoms with Crippen molar-refractivity contribution in [3.8, 4) is 16.9 Å². The first kappa shape index (κ1) is 19.2. The van der Waals surface area contributed by atoms with E-state index in [-0.39, 0.29) is 18.9 Å². The van der Waals surface area contributed by atoms with Crippen molar-refractivity contribution in [3.05, 3.63) is 83.4 Å². The molecule has 0 spiro atoms. The number of methoxy groups -OCH3 is 1. The molecule has 0 fully saturated rings. The molecule has 1 aliphatic heterocycles. The summed E-state index contributed by atoms with van der Waals surface area (Å²) in [6.45, 7) is 0.134. The molecule has 1 unspecified atom stereocenters. The zero-order valence-electron chi connectivity index (χ0n) is 16.9. The second-order valence-electron chi connectivity index (χ2n) is 7.69. The van der Waals surface area contributed by atoms with Crippen molar-refractivity contribution in [2.75, 3.05) is 18.6 Å². The van der Waals surface area contributed by atoms with Crippen LogP contribution in [0.25, 0.3) is 11.1 Å². The van der Waals surface area contributed by atoms with E-state index in [9.17, 15) is 14.7 Å². The summed E-state index contributed by atoms with van der Waals surface area (Å²) in [5, 5.41) is 9.72. The first-order valence-corrected chi connectivity index (χ1v) is 10.1. The fourth-order valence-electron chi connectivity index (χ4n) is 4.72. The summed E-state index contributed by atoms with van der Waals surface area (Å²) >= 11 is 0. The number of fused-ring (bicyclic) bond motifs is 4. The number of hydrogen-bond acceptors (Lipinski definition) is 4. The van der Waals surface area contributed by atoms with Gasteiger partial charge < -0.3 is 14.6 Å². The first-order chi connectivity index (χ1) is 15.1. The quantitative estimate of drug-likeness (QED) is 0.681. The predicted molar refractivity (Wildman–Crippen MR) is 116 cm³/mol. The summed E-state index contributed by atoms with van der Waals surface area (Å²) in [7, 11) is 1.53. The number of anilines is 1. The highest BCUT2D eigenvalue weighted by atomic mass is 16.6. The van der Waals surface area contributed by atoms with Crippen LogP contribution in [0.15, 0.2) is 66.7 Å². The lowest BCUT2D eigenvalue weighted by molar-refractivity contribution is -0.138. The summed E-state index contributed by atoms with van der Waals surface area (Å²) in [6, 6.07) is 20.4. The number of aliphatic carboxylic acids is 1. The summed E-state index contributed by atoms with van der Waals surface area (Å²) in [5.74, 6) is -0.600. The zero-order valence-corrected chi connectivity index (χ0v) is 16.9. The van der Waals surface area contributed by atoms with Gasteiger partial charge in [0.25, 0.3) is 0 Å². The second-order valence-corrected chi connectivity index (χ2v) is 7.69. The molecule has 6 nitrogen and oxygen atoms in total. The highest BCUT2D eigenvalue weighted by molar-refractivity contribution is 5.99. The Labute approximate surface area is 179 Å². The Morgan fingerprint density at radius 2 is 1.61 bits per heavy atom. The second kappa shape index (κ2) is 7.47. The number of ether oxygens (including phenoxy) is 2. The van der Waals surface area contributed by atoms with E-state index in [1.54, 1.807) is 18.2 Å². The van der Waals surface area contributed by atoms with Crippen LogP contribution in [0, 0.1) is 0 Å². The van der Waals surface area contributed by atoms with Crippen molar-refractivity contribution < 1.29 is 24.2 Å². The number of rotatable bonds is 4.